The number of rotatable bonds is 6. The fourth-order valence-electron chi connectivity index (χ4n) is 2.67. The Bertz CT molecular complexity index is 699. The minimum Gasteiger partial charge on any atom is -0.497 e. The number of methoxy groups -OCH3 is 2. The maximum absolute atomic E-state index is 12.6. The Hall–Kier alpha value is -2.70. The van der Waals surface area contributed by atoms with Gasteiger partial charge in [-0.3, -0.25) is 0 Å². The molecule has 0 saturated carbocycles. The van der Waals surface area contributed by atoms with Crippen LogP contribution in [0.25, 0.3) is 0 Å². The van der Waals surface area contributed by atoms with Crippen LogP contribution in [0.4, 0.5) is 4.79 Å². The van der Waals surface area contributed by atoms with Gasteiger partial charge in [-0.2, -0.15) is 0 Å². The van der Waals surface area contributed by atoms with Gasteiger partial charge in [-0.1, -0.05) is 6.92 Å². The van der Waals surface area contributed by atoms with Gasteiger partial charge >= 0.3 is 12.0 Å². The molecule has 136 valence electrons. The molecule has 25 heavy (non-hydrogen) atoms. The molecule has 1 atom stereocenters. The smallest absolute Gasteiger partial charge is 0.338 e. The molecule has 0 radical (unpaired) electrons. The maximum Gasteiger partial charge on any atom is 0.338 e. The van der Waals surface area contributed by atoms with Gasteiger partial charge in [0.15, 0.2) is 0 Å². The average Bonchev–Trinajstić information content (AvgIpc) is 2.63. The minimum atomic E-state index is -0.682. The van der Waals surface area contributed by atoms with E-state index in [1.807, 2.05) is 6.92 Å². The van der Waals surface area contributed by atoms with Crippen LogP contribution in [0.2, 0.25) is 0 Å². The summed E-state index contributed by atoms with van der Waals surface area (Å²) in [6, 6.07) is 4.25. The topological polar surface area (TPSA) is 77.1 Å². The number of ether oxygens (including phenoxy) is 3. The molecule has 1 aliphatic rings. The van der Waals surface area contributed by atoms with Gasteiger partial charge in [-0.05, 0) is 31.5 Å². The minimum absolute atomic E-state index is 0.306. The summed E-state index contributed by atoms with van der Waals surface area (Å²) >= 11 is 0. The summed E-state index contributed by atoms with van der Waals surface area (Å²) in [7, 11) is 4.70. The van der Waals surface area contributed by atoms with Gasteiger partial charge in [0.2, 0.25) is 0 Å². The zero-order valence-corrected chi connectivity index (χ0v) is 15.2. The number of nitrogens with zero attached hydrogens (tertiary/aromatic N) is 1. The Balaban J connectivity index is 2.56. The lowest BCUT2D eigenvalue weighted by Gasteiger charge is -2.33. The lowest BCUT2D eigenvalue weighted by atomic mass is 9.94. The summed E-state index contributed by atoms with van der Waals surface area (Å²) in [6.07, 6.45) is 0.716. The maximum atomic E-state index is 12.6. The van der Waals surface area contributed by atoms with E-state index in [1.165, 1.54) is 12.0 Å². The standard InChI is InChI=1S/C18H24N2O5/c1-6-9-25-17(21)15-11(2)20(3)18(22)19-16(15)13-10-12(23-4)7-8-14(13)24-5/h7-8,10,16H,6,9H2,1-5H3,(H,19,22)/t16-/m1/s1. The fraction of sp³-hybridized carbons (Fsp3) is 0.444. The van der Waals surface area contributed by atoms with Gasteiger partial charge < -0.3 is 24.4 Å². The Morgan fingerprint density at radius 3 is 2.60 bits per heavy atom. The lowest BCUT2D eigenvalue weighted by molar-refractivity contribution is -0.139. The molecule has 7 heteroatoms. The van der Waals surface area contributed by atoms with Crippen molar-refractivity contribution in [3.8, 4) is 11.5 Å². The molecule has 0 saturated heterocycles. The van der Waals surface area contributed by atoms with E-state index in [0.717, 1.165) is 0 Å². The summed E-state index contributed by atoms with van der Waals surface area (Å²) in [5, 5.41) is 2.84. The normalized spacial score (nSPS) is 17.2. The van der Waals surface area contributed by atoms with Crippen molar-refractivity contribution >= 4 is 12.0 Å². The molecule has 1 N–H and O–H groups in total. The molecule has 0 aromatic heterocycles. The van der Waals surface area contributed by atoms with Crippen LogP contribution in [0.3, 0.4) is 0 Å². The van der Waals surface area contributed by atoms with E-state index in [0.29, 0.717) is 41.4 Å². The molecule has 1 aromatic rings. The third-order valence-corrected chi connectivity index (χ3v) is 4.16. The van der Waals surface area contributed by atoms with E-state index < -0.39 is 12.0 Å². The number of urea groups is 1. The number of hydrogen-bond donors (Lipinski definition) is 1. The molecule has 1 aromatic carbocycles. The first kappa shape index (κ1) is 18.6. The molecule has 1 aliphatic heterocycles. The monoisotopic (exact) mass is 348 g/mol. The third kappa shape index (κ3) is 3.70. The Morgan fingerprint density at radius 2 is 2.00 bits per heavy atom. The molecule has 0 unspecified atom stereocenters. The SMILES string of the molecule is CCCOC(=O)C1=C(C)N(C)C(=O)N[C@@H]1c1cc(OC)ccc1OC. The summed E-state index contributed by atoms with van der Waals surface area (Å²) in [4.78, 5) is 26.3. The Morgan fingerprint density at radius 1 is 1.28 bits per heavy atom. The average molecular weight is 348 g/mol. The Kier molecular flexibility index (Phi) is 5.90. The summed E-state index contributed by atoms with van der Waals surface area (Å²) in [5.74, 6) is 0.688. The summed E-state index contributed by atoms with van der Waals surface area (Å²) in [5.41, 5.74) is 1.55. The molecule has 2 rings (SSSR count). The van der Waals surface area contributed by atoms with Crippen molar-refractivity contribution < 1.29 is 23.8 Å². The van der Waals surface area contributed by atoms with Crippen molar-refractivity contribution in [2.24, 2.45) is 0 Å². The van der Waals surface area contributed by atoms with Crippen LogP contribution in [0.1, 0.15) is 31.9 Å². The largest absolute Gasteiger partial charge is 0.497 e. The molecule has 2 amide bonds. The number of amides is 2. The van der Waals surface area contributed by atoms with Crippen molar-refractivity contribution in [3.63, 3.8) is 0 Å². The highest BCUT2D eigenvalue weighted by Gasteiger charge is 2.36. The third-order valence-electron chi connectivity index (χ3n) is 4.16. The second-order valence-electron chi connectivity index (χ2n) is 5.68. The van der Waals surface area contributed by atoms with Gasteiger partial charge in [0.1, 0.15) is 11.5 Å². The first-order valence-corrected chi connectivity index (χ1v) is 8.08. The van der Waals surface area contributed by atoms with Gasteiger partial charge in [0.05, 0.1) is 32.4 Å². The summed E-state index contributed by atoms with van der Waals surface area (Å²) in [6.45, 7) is 3.96. The van der Waals surface area contributed by atoms with Crippen LogP contribution in [0.5, 0.6) is 11.5 Å². The highest BCUT2D eigenvalue weighted by Crippen LogP contribution is 2.37. The van der Waals surface area contributed by atoms with Crippen molar-refractivity contribution in [3.05, 3.63) is 35.0 Å². The van der Waals surface area contributed by atoms with Gasteiger partial charge in [-0.25, -0.2) is 9.59 Å². The van der Waals surface area contributed by atoms with Crippen molar-refractivity contribution in [2.45, 2.75) is 26.3 Å². The number of allylic oxidation sites excluding steroid dienone is 1. The predicted octanol–water partition coefficient (Wildman–Crippen LogP) is 2.63. The number of esters is 1. The van der Waals surface area contributed by atoms with E-state index in [9.17, 15) is 9.59 Å². The molecule has 1 heterocycles. The van der Waals surface area contributed by atoms with Gasteiger partial charge in [0.25, 0.3) is 0 Å². The van der Waals surface area contributed by atoms with E-state index in [4.69, 9.17) is 14.2 Å². The zero-order chi connectivity index (χ0) is 18.6. The number of carbonyl (C=O) groups excluding carboxylic acids is 2. The van der Waals surface area contributed by atoms with Crippen molar-refractivity contribution in [1.29, 1.82) is 0 Å². The molecular weight excluding hydrogens is 324 g/mol. The summed E-state index contributed by atoms with van der Waals surface area (Å²) < 4.78 is 16.0. The van der Waals surface area contributed by atoms with E-state index in [-0.39, 0.29) is 6.03 Å². The first-order chi connectivity index (χ1) is 11.9. The second-order valence-corrected chi connectivity index (χ2v) is 5.68. The molecule has 0 fully saturated rings. The van der Waals surface area contributed by atoms with Gasteiger partial charge in [0, 0.05) is 18.3 Å². The van der Waals surface area contributed by atoms with E-state index in [1.54, 1.807) is 39.3 Å². The van der Waals surface area contributed by atoms with Crippen LogP contribution < -0.4 is 14.8 Å². The highest BCUT2D eigenvalue weighted by molar-refractivity contribution is 5.95. The van der Waals surface area contributed by atoms with Crippen LogP contribution >= 0.6 is 0 Å². The van der Waals surface area contributed by atoms with Gasteiger partial charge in [-0.15, -0.1) is 0 Å². The van der Waals surface area contributed by atoms with Crippen LogP contribution in [-0.2, 0) is 9.53 Å². The second kappa shape index (κ2) is 7.92. The molecule has 0 spiro atoms. The highest BCUT2D eigenvalue weighted by atomic mass is 16.5. The Labute approximate surface area is 147 Å². The first-order valence-electron chi connectivity index (χ1n) is 8.08. The number of benzene rings is 1. The van der Waals surface area contributed by atoms with E-state index >= 15 is 0 Å². The molecule has 7 nitrogen and oxygen atoms in total. The van der Waals surface area contributed by atoms with Crippen LogP contribution in [-0.4, -0.2) is 44.8 Å². The number of nitrogens with one attached hydrogen (secondary N) is 1. The molecule has 0 bridgehead atoms. The van der Waals surface area contributed by atoms with Crippen molar-refractivity contribution in [2.75, 3.05) is 27.9 Å². The lowest BCUT2D eigenvalue weighted by Crippen LogP contribution is -2.46. The van der Waals surface area contributed by atoms with Crippen LogP contribution in [0.15, 0.2) is 29.5 Å². The number of hydrogen-bond acceptors (Lipinski definition) is 5. The molecule has 0 aliphatic carbocycles. The number of carbonyl (C=O) groups is 2. The fourth-order valence-corrected chi connectivity index (χ4v) is 2.67. The predicted molar refractivity (Wildman–Crippen MR) is 92.5 cm³/mol. The van der Waals surface area contributed by atoms with Crippen molar-refractivity contribution in [1.82, 2.24) is 10.2 Å². The quantitative estimate of drug-likeness (QED) is 0.800. The van der Waals surface area contributed by atoms with E-state index in [2.05, 4.69) is 5.32 Å². The van der Waals surface area contributed by atoms with Crippen LogP contribution in [0, 0.1) is 0 Å². The molecular formula is C18H24N2O5. The zero-order valence-electron chi connectivity index (χ0n) is 15.2.